The Kier molecular flexibility index (Phi) is 6.53. The molecule has 2 aromatic carbocycles. The van der Waals surface area contributed by atoms with E-state index in [1.807, 2.05) is 59.2 Å². The summed E-state index contributed by atoms with van der Waals surface area (Å²) < 4.78 is 34.7. The third-order valence-electron chi connectivity index (χ3n) is 6.35. The van der Waals surface area contributed by atoms with E-state index in [0.717, 1.165) is 41.1 Å². The van der Waals surface area contributed by atoms with Crippen LogP contribution in [0.3, 0.4) is 0 Å². The molecule has 1 fully saturated rings. The highest BCUT2D eigenvalue weighted by Crippen LogP contribution is 2.32. The number of anilines is 1. The lowest BCUT2D eigenvalue weighted by Crippen LogP contribution is -2.39. The van der Waals surface area contributed by atoms with Gasteiger partial charge in [0, 0.05) is 50.5 Å². The van der Waals surface area contributed by atoms with Crippen LogP contribution < -0.4 is 10.9 Å². The lowest BCUT2D eigenvalue weighted by Gasteiger charge is -2.21. The molecule has 176 valence electrons. The Bertz CT molecular complexity index is 1260. The first kappa shape index (κ1) is 22.5. The Balaban J connectivity index is 1.44. The van der Waals surface area contributed by atoms with Gasteiger partial charge in [-0.05, 0) is 29.8 Å². The first-order valence-electron chi connectivity index (χ1n) is 11.3. The summed E-state index contributed by atoms with van der Waals surface area (Å²) in [6, 6.07) is 20.1. The molecule has 4 aromatic rings. The van der Waals surface area contributed by atoms with E-state index in [2.05, 4.69) is 15.8 Å². The molecule has 2 N–H and O–H groups in total. The van der Waals surface area contributed by atoms with Crippen molar-refractivity contribution in [2.24, 2.45) is 0 Å². The van der Waals surface area contributed by atoms with E-state index >= 15 is 0 Å². The fourth-order valence-corrected chi connectivity index (χ4v) is 4.60. The molecule has 0 aliphatic carbocycles. The number of hydrogen-bond donors (Lipinski definition) is 2. The Labute approximate surface area is 197 Å². The van der Waals surface area contributed by atoms with Crippen molar-refractivity contribution in [3.8, 4) is 11.3 Å². The zero-order valence-corrected chi connectivity index (χ0v) is 18.9. The fraction of sp³-hybridized carbons (Fsp3) is 0.269. The summed E-state index contributed by atoms with van der Waals surface area (Å²) in [6.45, 7) is 2.83. The van der Waals surface area contributed by atoms with Crippen LogP contribution in [-0.2, 0) is 4.74 Å². The van der Waals surface area contributed by atoms with Gasteiger partial charge in [0.2, 0.25) is 0 Å². The van der Waals surface area contributed by atoms with Crippen LogP contribution in [0.1, 0.15) is 11.5 Å². The molecule has 0 spiro atoms. The number of aromatic nitrogens is 2. The average Bonchev–Trinajstić information content (AvgIpc) is 3.45. The highest BCUT2D eigenvalue weighted by Gasteiger charge is 2.34. The Hall–Kier alpha value is -3.33. The van der Waals surface area contributed by atoms with E-state index in [-0.39, 0.29) is 12.0 Å². The normalized spacial score (nSPS) is 18.6. The summed E-state index contributed by atoms with van der Waals surface area (Å²) in [7, 11) is 1.68. The highest BCUT2D eigenvalue weighted by molar-refractivity contribution is 5.86. The minimum absolute atomic E-state index is 0.0264. The summed E-state index contributed by atoms with van der Waals surface area (Å²) in [5.74, 6) is -1.69. The Morgan fingerprint density at radius 2 is 1.82 bits per heavy atom. The number of benzene rings is 2. The number of halogens is 2. The number of hydrazine groups is 1. The van der Waals surface area contributed by atoms with E-state index in [1.54, 1.807) is 13.2 Å². The van der Waals surface area contributed by atoms with Crippen LogP contribution in [-0.4, -0.2) is 53.9 Å². The molecule has 5 rings (SSSR count). The third-order valence-corrected chi connectivity index (χ3v) is 6.35. The number of nitrogens with zero attached hydrogens (tertiary/aromatic N) is 3. The van der Waals surface area contributed by atoms with Gasteiger partial charge in [-0.25, -0.2) is 18.7 Å². The molecule has 0 radical (unpaired) electrons. The molecule has 0 unspecified atom stereocenters. The van der Waals surface area contributed by atoms with E-state index in [0.29, 0.717) is 13.2 Å². The quantitative estimate of drug-likeness (QED) is 0.382. The van der Waals surface area contributed by atoms with Crippen LogP contribution in [0, 0.1) is 11.6 Å². The maximum Gasteiger partial charge on any atom is 0.159 e. The van der Waals surface area contributed by atoms with Gasteiger partial charge in [-0.15, -0.1) is 0 Å². The monoisotopic (exact) mass is 463 g/mol. The second kappa shape index (κ2) is 9.89. The van der Waals surface area contributed by atoms with E-state index < -0.39 is 11.6 Å². The standard InChI is InChI=1S/C26H27F2N5O/c1-34-14-13-32-16-20(19-10-11-21(27)22(28)15-19)23(17-32)29-30-26-24-9-5-6-12-33(24)31-25(26)18-7-3-2-4-8-18/h2-12,15,20,23,29-30H,13-14,16-17H2,1H3/t20-,23+/m0/s1. The van der Waals surface area contributed by atoms with Crippen molar-refractivity contribution in [1.82, 2.24) is 19.9 Å². The van der Waals surface area contributed by atoms with Gasteiger partial charge in [0.1, 0.15) is 11.4 Å². The lowest BCUT2D eigenvalue weighted by atomic mass is 9.94. The number of ether oxygens (including phenoxy) is 1. The summed E-state index contributed by atoms with van der Waals surface area (Å²) in [5, 5.41) is 4.78. The van der Waals surface area contributed by atoms with Crippen LogP contribution in [0.2, 0.25) is 0 Å². The number of hydrogen-bond acceptors (Lipinski definition) is 5. The number of methoxy groups -OCH3 is 1. The molecule has 3 heterocycles. The number of likely N-dealkylation sites (tertiary alicyclic amines) is 1. The molecule has 34 heavy (non-hydrogen) atoms. The molecule has 1 aliphatic heterocycles. The molecule has 0 saturated carbocycles. The van der Waals surface area contributed by atoms with Gasteiger partial charge < -0.3 is 10.2 Å². The maximum absolute atomic E-state index is 14.0. The fourth-order valence-electron chi connectivity index (χ4n) is 4.60. The minimum Gasteiger partial charge on any atom is -0.383 e. The molecular formula is C26H27F2N5O. The van der Waals surface area contributed by atoms with Gasteiger partial charge in [-0.3, -0.25) is 4.90 Å². The smallest absolute Gasteiger partial charge is 0.159 e. The predicted molar refractivity (Wildman–Crippen MR) is 129 cm³/mol. The van der Waals surface area contributed by atoms with Crippen LogP contribution >= 0.6 is 0 Å². The Morgan fingerprint density at radius 3 is 2.62 bits per heavy atom. The third kappa shape index (κ3) is 4.52. The van der Waals surface area contributed by atoms with E-state index in [9.17, 15) is 8.78 Å². The van der Waals surface area contributed by atoms with Crippen molar-refractivity contribution < 1.29 is 13.5 Å². The molecule has 8 heteroatoms. The number of nitrogens with one attached hydrogen (secondary N) is 2. The molecule has 2 atom stereocenters. The van der Waals surface area contributed by atoms with Crippen molar-refractivity contribution in [3.05, 3.63) is 90.1 Å². The molecule has 0 amide bonds. The van der Waals surface area contributed by atoms with Crippen molar-refractivity contribution in [2.75, 3.05) is 38.8 Å². The highest BCUT2D eigenvalue weighted by atomic mass is 19.2. The molecule has 0 bridgehead atoms. The molecular weight excluding hydrogens is 436 g/mol. The van der Waals surface area contributed by atoms with Gasteiger partial charge in [-0.2, -0.15) is 5.10 Å². The second-order valence-corrected chi connectivity index (χ2v) is 8.53. The minimum atomic E-state index is -0.834. The van der Waals surface area contributed by atoms with Gasteiger partial charge in [0.25, 0.3) is 0 Å². The van der Waals surface area contributed by atoms with Crippen molar-refractivity contribution >= 4 is 11.2 Å². The molecule has 6 nitrogen and oxygen atoms in total. The molecule has 1 saturated heterocycles. The zero-order chi connectivity index (χ0) is 23.5. The van der Waals surface area contributed by atoms with Crippen molar-refractivity contribution in [3.63, 3.8) is 0 Å². The van der Waals surface area contributed by atoms with Gasteiger partial charge in [0.05, 0.1) is 12.1 Å². The average molecular weight is 464 g/mol. The van der Waals surface area contributed by atoms with Crippen LogP contribution in [0.5, 0.6) is 0 Å². The topological polar surface area (TPSA) is 53.8 Å². The van der Waals surface area contributed by atoms with Crippen molar-refractivity contribution in [1.29, 1.82) is 0 Å². The van der Waals surface area contributed by atoms with Crippen LogP contribution in [0.15, 0.2) is 72.9 Å². The van der Waals surface area contributed by atoms with Gasteiger partial charge in [-0.1, -0.05) is 42.5 Å². The first-order chi connectivity index (χ1) is 16.6. The summed E-state index contributed by atoms with van der Waals surface area (Å²) >= 11 is 0. The second-order valence-electron chi connectivity index (χ2n) is 8.53. The molecule has 1 aliphatic rings. The lowest BCUT2D eigenvalue weighted by molar-refractivity contribution is 0.159. The number of pyridine rings is 1. The SMILES string of the molecule is COCCN1C[C@@H](NNc2c(-c3ccccc3)nn3ccccc23)[C@H](c2ccc(F)c(F)c2)C1. The summed E-state index contributed by atoms with van der Waals surface area (Å²) in [4.78, 5) is 2.27. The first-order valence-corrected chi connectivity index (χ1v) is 11.3. The maximum atomic E-state index is 14.0. The van der Waals surface area contributed by atoms with Crippen LogP contribution in [0.4, 0.5) is 14.5 Å². The van der Waals surface area contributed by atoms with Crippen LogP contribution in [0.25, 0.3) is 16.8 Å². The summed E-state index contributed by atoms with van der Waals surface area (Å²) in [6.07, 6.45) is 1.92. The Morgan fingerprint density at radius 1 is 1.00 bits per heavy atom. The van der Waals surface area contributed by atoms with Crippen molar-refractivity contribution in [2.45, 2.75) is 12.0 Å². The van der Waals surface area contributed by atoms with E-state index in [4.69, 9.17) is 9.84 Å². The predicted octanol–water partition coefficient (Wildman–Crippen LogP) is 4.31. The number of rotatable bonds is 8. The van der Waals surface area contributed by atoms with Gasteiger partial charge >= 0.3 is 0 Å². The zero-order valence-electron chi connectivity index (χ0n) is 18.9. The largest absolute Gasteiger partial charge is 0.383 e. The van der Waals surface area contributed by atoms with E-state index in [1.165, 1.54) is 12.1 Å². The van der Waals surface area contributed by atoms with Gasteiger partial charge in [0.15, 0.2) is 11.6 Å². The number of fused-ring (bicyclic) bond motifs is 1. The summed E-state index contributed by atoms with van der Waals surface area (Å²) in [5.41, 5.74) is 11.3. The molecule has 2 aromatic heterocycles.